The third kappa shape index (κ3) is 2.23. The van der Waals surface area contributed by atoms with Crippen molar-refractivity contribution in [1.29, 1.82) is 0 Å². The van der Waals surface area contributed by atoms with E-state index in [1.807, 2.05) is 0 Å². The number of hydrogen-bond acceptors (Lipinski definition) is 11. The molecule has 1 saturated heterocycles. The second-order valence-corrected chi connectivity index (χ2v) is 5.89. The van der Waals surface area contributed by atoms with Crippen LogP contribution in [0.1, 0.15) is 6.23 Å². The predicted octanol–water partition coefficient (Wildman–Crippen LogP) is -2.56. The van der Waals surface area contributed by atoms with E-state index in [0.717, 1.165) is 0 Å². The van der Waals surface area contributed by atoms with Crippen LogP contribution >= 0.6 is 0 Å². The zero-order chi connectivity index (χ0) is 18.6. The van der Waals surface area contributed by atoms with Gasteiger partial charge in [0.05, 0.1) is 6.33 Å². The molecular formula is C14H14N6O6. The molecule has 1 aromatic carbocycles. The number of nitrogens with one attached hydrogen (secondary N) is 1. The summed E-state index contributed by atoms with van der Waals surface area (Å²) in [4.78, 5) is 34.3. The first-order chi connectivity index (χ1) is 12.4. The molecule has 0 unspecified atom stereocenters. The van der Waals surface area contributed by atoms with Crippen LogP contribution in [0.15, 0.2) is 22.2 Å². The minimum absolute atomic E-state index is 0.114. The average Bonchev–Trinajstić information content (AvgIpc) is 3.18. The average molecular weight is 362 g/mol. The van der Waals surface area contributed by atoms with Crippen molar-refractivity contribution in [2.75, 3.05) is 17.6 Å². The van der Waals surface area contributed by atoms with Crippen LogP contribution in [0.3, 0.4) is 0 Å². The Morgan fingerprint density at radius 2 is 1.96 bits per heavy atom. The number of ether oxygens (including phenoxy) is 1. The zero-order valence-corrected chi connectivity index (χ0v) is 13.1. The largest absolute Gasteiger partial charge is 0.502 e. The molecule has 0 saturated carbocycles. The van der Waals surface area contributed by atoms with Crippen molar-refractivity contribution in [3.63, 3.8) is 0 Å². The Bertz CT molecular complexity index is 1060. The summed E-state index contributed by atoms with van der Waals surface area (Å²) in [6.07, 6.45) is -1.93. The van der Waals surface area contributed by atoms with Crippen LogP contribution in [0, 0.1) is 0 Å². The molecule has 1 aliphatic rings. The second-order valence-electron chi connectivity index (χ2n) is 5.89. The van der Waals surface area contributed by atoms with E-state index in [2.05, 4.69) is 20.3 Å². The molecule has 3 aromatic rings. The van der Waals surface area contributed by atoms with Gasteiger partial charge in [0.1, 0.15) is 35.8 Å². The number of anilines is 2. The van der Waals surface area contributed by atoms with Crippen LogP contribution < -0.4 is 21.9 Å². The number of imidazole rings is 1. The van der Waals surface area contributed by atoms with Gasteiger partial charge >= 0.3 is 0 Å². The van der Waals surface area contributed by atoms with Gasteiger partial charge in [-0.1, -0.05) is 0 Å². The molecule has 12 heteroatoms. The van der Waals surface area contributed by atoms with Crippen LogP contribution in [0.4, 0.5) is 11.5 Å². The molecule has 2 aromatic heterocycles. The minimum Gasteiger partial charge on any atom is -0.502 e. The van der Waals surface area contributed by atoms with Crippen LogP contribution in [-0.4, -0.2) is 59.7 Å². The fourth-order valence-corrected chi connectivity index (χ4v) is 2.93. The number of hydrogen-bond donors (Lipinski definition) is 5. The van der Waals surface area contributed by atoms with E-state index in [1.165, 1.54) is 17.2 Å². The molecule has 0 amide bonds. The van der Waals surface area contributed by atoms with Gasteiger partial charge < -0.3 is 31.1 Å². The molecular weight excluding hydrogens is 348 g/mol. The van der Waals surface area contributed by atoms with E-state index in [1.54, 1.807) is 0 Å². The molecule has 0 bridgehead atoms. The summed E-state index contributed by atoms with van der Waals surface area (Å²) >= 11 is 0. The molecule has 0 spiro atoms. The SMILES string of the molecule is Nc1ncnc2c1ncn2[C@@H]1O[C@H](CNc2c(O)c(=O)c2=O)[C@@H](O)[C@H]1O. The molecule has 3 heterocycles. The van der Waals surface area contributed by atoms with E-state index in [0.29, 0.717) is 11.2 Å². The lowest BCUT2D eigenvalue weighted by Crippen LogP contribution is -2.39. The van der Waals surface area contributed by atoms with Gasteiger partial charge in [-0.05, 0) is 0 Å². The molecule has 0 radical (unpaired) electrons. The Balaban J connectivity index is 1.55. The molecule has 4 atom stereocenters. The van der Waals surface area contributed by atoms with Crippen molar-refractivity contribution in [3.05, 3.63) is 33.1 Å². The fraction of sp³-hybridized carbons (Fsp3) is 0.357. The Morgan fingerprint density at radius 3 is 2.69 bits per heavy atom. The lowest BCUT2D eigenvalue weighted by atomic mass is 10.1. The summed E-state index contributed by atoms with van der Waals surface area (Å²) in [6, 6.07) is 0. The van der Waals surface area contributed by atoms with Gasteiger partial charge in [-0.3, -0.25) is 14.2 Å². The molecule has 6 N–H and O–H groups in total. The second kappa shape index (κ2) is 5.72. The number of aromatic hydroxyl groups is 1. The number of nitrogen functional groups attached to an aromatic ring is 1. The summed E-state index contributed by atoms with van der Waals surface area (Å²) in [6.45, 7) is -0.114. The van der Waals surface area contributed by atoms with Gasteiger partial charge in [-0.15, -0.1) is 0 Å². The number of aromatic nitrogens is 4. The van der Waals surface area contributed by atoms with E-state index < -0.39 is 41.1 Å². The van der Waals surface area contributed by atoms with Crippen LogP contribution in [0.25, 0.3) is 11.2 Å². The highest BCUT2D eigenvalue weighted by molar-refractivity contribution is 5.81. The molecule has 1 fully saturated rings. The van der Waals surface area contributed by atoms with Gasteiger partial charge in [0.15, 0.2) is 23.4 Å². The molecule has 26 heavy (non-hydrogen) atoms. The lowest BCUT2D eigenvalue weighted by molar-refractivity contribution is -0.0312. The van der Waals surface area contributed by atoms with Crippen LogP contribution in [0.2, 0.25) is 0 Å². The number of nitrogens with two attached hydrogens (primary N) is 1. The Kier molecular flexibility index (Phi) is 3.61. The minimum atomic E-state index is -1.31. The van der Waals surface area contributed by atoms with Crippen molar-refractivity contribution in [2.45, 2.75) is 24.5 Å². The molecule has 4 rings (SSSR count). The van der Waals surface area contributed by atoms with Crippen molar-refractivity contribution < 1.29 is 20.1 Å². The first-order valence-corrected chi connectivity index (χ1v) is 7.61. The monoisotopic (exact) mass is 362 g/mol. The predicted molar refractivity (Wildman–Crippen MR) is 87.2 cm³/mol. The van der Waals surface area contributed by atoms with E-state index in [9.17, 15) is 24.9 Å². The van der Waals surface area contributed by atoms with Gasteiger partial charge in [-0.25, -0.2) is 15.0 Å². The number of nitrogens with zero attached hydrogens (tertiary/aromatic N) is 4. The first kappa shape index (κ1) is 16.4. The third-order valence-corrected chi connectivity index (χ3v) is 4.36. The number of fused-ring (bicyclic) bond motifs is 1. The third-order valence-electron chi connectivity index (χ3n) is 4.36. The topological polar surface area (TPSA) is 186 Å². The Hall–Kier alpha value is -3.09. The number of aliphatic hydroxyl groups is 2. The van der Waals surface area contributed by atoms with E-state index in [4.69, 9.17) is 10.5 Å². The van der Waals surface area contributed by atoms with E-state index in [-0.39, 0.29) is 18.1 Å². The standard InChI is InChI=1S/C14H14N6O6/c15-12-6-13(18-2-17-12)20(3-19-6)14-11(25)7(21)4(26-14)1-16-5-8(22)10(24)9(5)23/h2-4,7,11,14,16,21-22,25H,1H2,(H2,15,17,18)/t4-,7-,11-,14-/m1/s1. The highest BCUT2D eigenvalue weighted by Gasteiger charge is 2.44. The van der Waals surface area contributed by atoms with Gasteiger partial charge in [-0.2, -0.15) is 0 Å². The van der Waals surface area contributed by atoms with Crippen molar-refractivity contribution in [2.24, 2.45) is 0 Å². The van der Waals surface area contributed by atoms with Gasteiger partial charge in [0.25, 0.3) is 10.9 Å². The Labute approximate surface area is 144 Å². The summed E-state index contributed by atoms with van der Waals surface area (Å²) in [5.41, 5.74) is 4.31. The maximum Gasteiger partial charge on any atom is 0.271 e. The van der Waals surface area contributed by atoms with Gasteiger partial charge in [0.2, 0.25) is 0 Å². The zero-order valence-electron chi connectivity index (χ0n) is 13.1. The summed E-state index contributed by atoms with van der Waals surface area (Å²) < 4.78 is 7.07. The smallest absolute Gasteiger partial charge is 0.271 e. The normalized spacial score (nSPS) is 25.9. The summed E-state index contributed by atoms with van der Waals surface area (Å²) in [5, 5.41) is 32.4. The maximum atomic E-state index is 11.3. The maximum absolute atomic E-state index is 11.3. The Morgan fingerprint density at radius 1 is 1.19 bits per heavy atom. The highest BCUT2D eigenvalue weighted by atomic mass is 16.6. The van der Waals surface area contributed by atoms with Crippen molar-refractivity contribution >= 4 is 22.7 Å². The van der Waals surface area contributed by atoms with Gasteiger partial charge in [0, 0.05) is 6.54 Å². The molecule has 0 aliphatic carbocycles. The summed E-state index contributed by atoms with van der Waals surface area (Å²) in [5.74, 6) is -0.497. The van der Waals surface area contributed by atoms with E-state index >= 15 is 0 Å². The number of rotatable bonds is 4. The molecule has 12 nitrogen and oxygen atoms in total. The fourth-order valence-electron chi connectivity index (χ4n) is 2.93. The highest BCUT2D eigenvalue weighted by Crippen LogP contribution is 2.32. The lowest BCUT2D eigenvalue weighted by Gasteiger charge is -2.17. The molecule has 136 valence electrons. The van der Waals surface area contributed by atoms with Crippen molar-refractivity contribution in [1.82, 2.24) is 19.5 Å². The quantitative estimate of drug-likeness (QED) is 0.307. The van der Waals surface area contributed by atoms with Crippen LogP contribution in [-0.2, 0) is 4.74 Å². The number of aliphatic hydroxyl groups excluding tert-OH is 2. The van der Waals surface area contributed by atoms with Crippen LogP contribution in [0.5, 0.6) is 5.75 Å². The summed E-state index contributed by atoms with van der Waals surface area (Å²) in [7, 11) is 0. The first-order valence-electron chi connectivity index (χ1n) is 7.61. The van der Waals surface area contributed by atoms with Crippen molar-refractivity contribution in [3.8, 4) is 5.75 Å². The molecule has 1 aliphatic heterocycles.